The molecule has 0 aliphatic heterocycles. The van der Waals surface area contributed by atoms with E-state index in [-0.39, 0.29) is 6.04 Å². The van der Waals surface area contributed by atoms with Crippen molar-refractivity contribution in [1.82, 2.24) is 9.78 Å². The van der Waals surface area contributed by atoms with Crippen LogP contribution < -0.4 is 5.73 Å². The van der Waals surface area contributed by atoms with Gasteiger partial charge in [0.15, 0.2) is 0 Å². The largest absolute Gasteiger partial charge is 0.324 e. The van der Waals surface area contributed by atoms with Crippen LogP contribution in [0.3, 0.4) is 0 Å². The molecule has 2 rings (SSSR count). The zero-order valence-electron chi connectivity index (χ0n) is 10.2. The van der Waals surface area contributed by atoms with E-state index in [0.717, 1.165) is 24.9 Å². The molecule has 90 valence electrons. The van der Waals surface area contributed by atoms with Gasteiger partial charge in [-0.05, 0) is 18.4 Å². The van der Waals surface area contributed by atoms with Gasteiger partial charge in [-0.1, -0.05) is 37.3 Å². The average molecular weight is 229 g/mol. The van der Waals surface area contributed by atoms with Gasteiger partial charge in [-0.25, -0.2) is 0 Å². The first-order valence-electron chi connectivity index (χ1n) is 6.11. The van der Waals surface area contributed by atoms with Crippen molar-refractivity contribution in [3.05, 3.63) is 53.9 Å². The summed E-state index contributed by atoms with van der Waals surface area (Å²) in [5.41, 5.74) is 8.42. The second kappa shape index (κ2) is 5.64. The van der Waals surface area contributed by atoms with Gasteiger partial charge in [0.25, 0.3) is 0 Å². The fraction of sp³-hybridized carbons (Fsp3) is 0.357. The lowest BCUT2D eigenvalue weighted by Crippen LogP contribution is -2.07. The van der Waals surface area contributed by atoms with Crippen molar-refractivity contribution in [3.8, 4) is 0 Å². The second-order valence-corrected chi connectivity index (χ2v) is 4.29. The highest BCUT2D eigenvalue weighted by atomic mass is 15.3. The molecule has 2 aromatic rings. The zero-order valence-corrected chi connectivity index (χ0v) is 10.2. The van der Waals surface area contributed by atoms with E-state index in [1.54, 1.807) is 0 Å². The molecule has 0 bridgehead atoms. The van der Waals surface area contributed by atoms with Crippen LogP contribution in [0, 0.1) is 0 Å². The standard InChI is InChI=1S/C14H19N3/c1-2-14(15)13-10-16-17(11-13)9-8-12-6-4-3-5-7-12/h3-7,10-11,14H,2,8-9,15H2,1H3. The molecule has 0 fully saturated rings. The number of rotatable bonds is 5. The Hall–Kier alpha value is -1.61. The van der Waals surface area contributed by atoms with E-state index < -0.39 is 0 Å². The maximum absolute atomic E-state index is 5.96. The molecule has 17 heavy (non-hydrogen) atoms. The van der Waals surface area contributed by atoms with Gasteiger partial charge in [0, 0.05) is 24.3 Å². The van der Waals surface area contributed by atoms with Crippen molar-refractivity contribution in [3.63, 3.8) is 0 Å². The summed E-state index contributed by atoms with van der Waals surface area (Å²) >= 11 is 0. The number of aryl methyl sites for hydroxylation is 2. The summed E-state index contributed by atoms with van der Waals surface area (Å²) in [6.07, 6.45) is 5.88. The predicted octanol–water partition coefficient (Wildman–Crippen LogP) is 2.54. The molecule has 1 unspecified atom stereocenters. The van der Waals surface area contributed by atoms with Gasteiger partial charge in [-0.3, -0.25) is 4.68 Å². The SMILES string of the molecule is CCC(N)c1cnn(CCc2ccccc2)c1. The predicted molar refractivity (Wildman–Crippen MR) is 69.6 cm³/mol. The average Bonchev–Trinajstić information content (AvgIpc) is 2.85. The molecule has 0 spiro atoms. The van der Waals surface area contributed by atoms with Crippen LogP contribution >= 0.6 is 0 Å². The molecule has 3 heteroatoms. The molecular formula is C14H19N3. The third-order valence-electron chi connectivity index (χ3n) is 2.99. The summed E-state index contributed by atoms with van der Waals surface area (Å²) in [5, 5.41) is 4.34. The van der Waals surface area contributed by atoms with Crippen molar-refractivity contribution >= 4 is 0 Å². The van der Waals surface area contributed by atoms with Crippen molar-refractivity contribution < 1.29 is 0 Å². The molecule has 0 saturated carbocycles. The van der Waals surface area contributed by atoms with Gasteiger partial charge in [0.05, 0.1) is 6.20 Å². The third kappa shape index (κ3) is 3.17. The lowest BCUT2D eigenvalue weighted by atomic mass is 10.1. The Bertz CT molecular complexity index is 448. The summed E-state index contributed by atoms with van der Waals surface area (Å²) in [4.78, 5) is 0. The lowest BCUT2D eigenvalue weighted by Gasteiger charge is -2.04. The molecule has 0 aliphatic carbocycles. The van der Waals surface area contributed by atoms with E-state index >= 15 is 0 Å². The van der Waals surface area contributed by atoms with Crippen LogP contribution in [0.4, 0.5) is 0 Å². The maximum atomic E-state index is 5.96. The molecule has 1 heterocycles. The Morgan fingerprint density at radius 1 is 1.29 bits per heavy atom. The molecule has 3 nitrogen and oxygen atoms in total. The van der Waals surface area contributed by atoms with E-state index in [4.69, 9.17) is 5.73 Å². The first-order chi connectivity index (χ1) is 8.29. The first kappa shape index (κ1) is 11.9. The van der Waals surface area contributed by atoms with Crippen molar-refractivity contribution in [2.75, 3.05) is 0 Å². The highest BCUT2D eigenvalue weighted by Gasteiger charge is 2.05. The lowest BCUT2D eigenvalue weighted by molar-refractivity contribution is 0.612. The van der Waals surface area contributed by atoms with E-state index in [1.807, 2.05) is 16.9 Å². The van der Waals surface area contributed by atoms with Crippen LogP contribution in [0.25, 0.3) is 0 Å². The summed E-state index contributed by atoms with van der Waals surface area (Å²) in [7, 11) is 0. The molecule has 0 radical (unpaired) electrons. The summed E-state index contributed by atoms with van der Waals surface area (Å²) < 4.78 is 1.97. The number of hydrogen-bond donors (Lipinski definition) is 1. The molecule has 0 saturated heterocycles. The quantitative estimate of drug-likeness (QED) is 0.856. The third-order valence-corrected chi connectivity index (χ3v) is 2.99. The van der Waals surface area contributed by atoms with E-state index in [2.05, 4.69) is 42.5 Å². The second-order valence-electron chi connectivity index (χ2n) is 4.29. The van der Waals surface area contributed by atoms with E-state index in [1.165, 1.54) is 5.56 Å². The fourth-order valence-electron chi connectivity index (χ4n) is 1.82. The topological polar surface area (TPSA) is 43.8 Å². The summed E-state index contributed by atoms with van der Waals surface area (Å²) in [6.45, 7) is 2.99. The zero-order chi connectivity index (χ0) is 12.1. The monoisotopic (exact) mass is 229 g/mol. The molecule has 0 amide bonds. The molecule has 1 aromatic carbocycles. The van der Waals surface area contributed by atoms with Crippen LogP contribution in [0.15, 0.2) is 42.7 Å². The van der Waals surface area contributed by atoms with E-state index in [0.29, 0.717) is 0 Å². The Balaban J connectivity index is 1.94. The number of hydrogen-bond acceptors (Lipinski definition) is 2. The fourth-order valence-corrected chi connectivity index (χ4v) is 1.82. The van der Waals surface area contributed by atoms with Crippen LogP contribution in [0.2, 0.25) is 0 Å². The Labute approximate surface area is 102 Å². The Morgan fingerprint density at radius 3 is 2.76 bits per heavy atom. The highest BCUT2D eigenvalue weighted by Crippen LogP contribution is 2.12. The summed E-state index contributed by atoms with van der Waals surface area (Å²) in [5.74, 6) is 0. The minimum absolute atomic E-state index is 0.112. The normalized spacial score (nSPS) is 12.6. The molecule has 1 atom stereocenters. The van der Waals surface area contributed by atoms with Crippen LogP contribution in [0.1, 0.15) is 30.5 Å². The van der Waals surface area contributed by atoms with Gasteiger partial charge in [0.1, 0.15) is 0 Å². The molecule has 1 aromatic heterocycles. The molecular weight excluding hydrogens is 210 g/mol. The number of nitrogens with zero attached hydrogens (tertiary/aromatic N) is 2. The first-order valence-corrected chi connectivity index (χ1v) is 6.11. The van der Waals surface area contributed by atoms with Crippen molar-refractivity contribution in [2.45, 2.75) is 32.4 Å². The van der Waals surface area contributed by atoms with Gasteiger partial charge >= 0.3 is 0 Å². The smallest absolute Gasteiger partial charge is 0.0537 e. The minimum atomic E-state index is 0.112. The van der Waals surface area contributed by atoms with Crippen molar-refractivity contribution in [2.24, 2.45) is 5.73 Å². The van der Waals surface area contributed by atoms with Gasteiger partial charge in [-0.15, -0.1) is 0 Å². The molecule has 0 aliphatic rings. The highest BCUT2D eigenvalue weighted by molar-refractivity contribution is 5.15. The van der Waals surface area contributed by atoms with E-state index in [9.17, 15) is 0 Å². The van der Waals surface area contributed by atoms with Crippen LogP contribution in [-0.2, 0) is 13.0 Å². The molecule has 2 N–H and O–H groups in total. The number of nitrogens with two attached hydrogens (primary N) is 1. The van der Waals surface area contributed by atoms with Crippen molar-refractivity contribution in [1.29, 1.82) is 0 Å². The minimum Gasteiger partial charge on any atom is -0.324 e. The van der Waals surface area contributed by atoms with Crippen LogP contribution in [0.5, 0.6) is 0 Å². The number of aromatic nitrogens is 2. The van der Waals surface area contributed by atoms with Crippen LogP contribution in [-0.4, -0.2) is 9.78 Å². The number of benzene rings is 1. The van der Waals surface area contributed by atoms with Gasteiger partial charge in [0.2, 0.25) is 0 Å². The van der Waals surface area contributed by atoms with Gasteiger partial charge < -0.3 is 5.73 Å². The summed E-state index contributed by atoms with van der Waals surface area (Å²) in [6, 6.07) is 10.6. The maximum Gasteiger partial charge on any atom is 0.0537 e. The Kier molecular flexibility index (Phi) is 3.94. The Morgan fingerprint density at radius 2 is 2.06 bits per heavy atom. The van der Waals surface area contributed by atoms with Gasteiger partial charge in [-0.2, -0.15) is 5.10 Å².